The van der Waals surface area contributed by atoms with Crippen molar-refractivity contribution in [3.05, 3.63) is 95.1 Å². The lowest BCUT2D eigenvalue weighted by Crippen LogP contribution is -2.27. The molecule has 0 aromatic heterocycles. The predicted octanol–water partition coefficient (Wildman–Crippen LogP) is 3.54. The molecule has 2 amide bonds. The van der Waals surface area contributed by atoms with Gasteiger partial charge in [0.1, 0.15) is 6.61 Å². The lowest BCUT2D eigenvalue weighted by molar-refractivity contribution is -0.115. The highest BCUT2D eigenvalue weighted by Crippen LogP contribution is 2.44. The topological polar surface area (TPSA) is 105 Å². The van der Waals surface area contributed by atoms with Gasteiger partial charge < -0.3 is 20.5 Å². The van der Waals surface area contributed by atoms with E-state index in [0.29, 0.717) is 0 Å². The third-order valence-electron chi connectivity index (χ3n) is 5.52. The minimum Gasteiger partial charge on any atom is -0.478 e. The van der Waals surface area contributed by atoms with E-state index in [4.69, 9.17) is 9.84 Å². The number of amides is 2. The molecule has 0 bridgehead atoms. The summed E-state index contributed by atoms with van der Waals surface area (Å²) in [6, 6.07) is 22.4. The molecule has 34 heavy (non-hydrogen) atoms. The molecule has 0 spiro atoms. The summed E-state index contributed by atoms with van der Waals surface area (Å²) in [4.78, 5) is 34.8. The van der Waals surface area contributed by atoms with Crippen molar-refractivity contribution >= 4 is 18.0 Å². The van der Waals surface area contributed by atoms with Crippen LogP contribution in [0.3, 0.4) is 0 Å². The van der Waals surface area contributed by atoms with Crippen molar-refractivity contribution in [1.29, 1.82) is 0 Å². The van der Waals surface area contributed by atoms with Crippen molar-refractivity contribution in [3.63, 3.8) is 0 Å². The number of rotatable bonds is 6. The highest BCUT2D eigenvalue weighted by atomic mass is 16.5. The van der Waals surface area contributed by atoms with Crippen molar-refractivity contribution in [1.82, 2.24) is 10.6 Å². The molecule has 0 saturated carbocycles. The van der Waals surface area contributed by atoms with Crippen LogP contribution < -0.4 is 10.6 Å². The maximum atomic E-state index is 12.1. The Balaban J connectivity index is 1.22. The highest BCUT2D eigenvalue weighted by Gasteiger charge is 2.28. The molecule has 0 aliphatic heterocycles. The summed E-state index contributed by atoms with van der Waals surface area (Å²) in [5.74, 6) is 3.44. The summed E-state index contributed by atoms with van der Waals surface area (Å²) < 4.78 is 5.42. The van der Waals surface area contributed by atoms with Gasteiger partial charge >= 0.3 is 12.1 Å². The van der Waals surface area contributed by atoms with Crippen LogP contribution in [0.15, 0.2) is 72.8 Å². The van der Waals surface area contributed by atoms with Crippen molar-refractivity contribution in [2.45, 2.75) is 12.5 Å². The van der Waals surface area contributed by atoms with Crippen LogP contribution in [-0.4, -0.2) is 36.2 Å². The molecular weight excluding hydrogens is 432 g/mol. The second-order valence-corrected chi connectivity index (χ2v) is 7.67. The number of hydrogen-bond donors (Lipinski definition) is 3. The summed E-state index contributed by atoms with van der Waals surface area (Å²) in [6.45, 7) is 0.388. The van der Waals surface area contributed by atoms with E-state index in [1.54, 1.807) is 12.1 Å². The van der Waals surface area contributed by atoms with E-state index < -0.39 is 18.0 Å². The summed E-state index contributed by atoms with van der Waals surface area (Å²) in [7, 11) is 0. The second kappa shape index (κ2) is 10.4. The van der Waals surface area contributed by atoms with Crippen LogP contribution in [0, 0.1) is 11.8 Å². The number of fused-ring (bicyclic) bond motifs is 3. The zero-order valence-electron chi connectivity index (χ0n) is 18.2. The first-order valence-corrected chi connectivity index (χ1v) is 10.7. The fourth-order valence-electron chi connectivity index (χ4n) is 3.88. The first-order chi connectivity index (χ1) is 16.5. The van der Waals surface area contributed by atoms with Gasteiger partial charge in [-0.1, -0.05) is 66.6 Å². The first kappa shape index (κ1) is 22.6. The Morgan fingerprint density at radius 1 is 0.853 bits per heavy atom. The molecule has 0 fully saturated rings. The number of carboxylic acids is 1. The minimum absolute atomic E-state index is 0.0282. The Bertz CT molecular complexity index is 1240. The number of ether oxygens (including phenoxy) is 1. The maximum Gasteiger partial charge on any atom is 0.407 e. The number of hydrogen-bond acceptors (Lipinski definition) is 4. The number of aromatic carboxylic acids is 1. The smallest absolute Gasteiger partial charge is 0.407 e. The highest BCUT2D eigenvalue weighted by molar-refractivity contribution is 5.93. The monoisotopic (exact) mass is 454 g/mol. The average Bonchev–Trinajstić information content (AvgIpc) is 3.18. The van der Waals surface area contributed by atoms with E-state index in [2.05, 4.69) is 34.6 Å². The molecule has 0 saturated heterocycles. The van der Waals surface area contributed by atoms with Crippen LogP contribution in [0.4, 0.5) is 4.79 Å². The van der Waals surface area contributed by atoms with Crippen molar-refractivity contribution in [2.75, 3.05) is 13.2 Å². The number of carbonyl (C=O) groups excluding carboxylic acids is 2. The van der Waals surface area contributed by atoms with E-state index >= 15 is 0 Å². The quantitative estimate of drug-likeness (QED) is 0.494. The van der Waals surface area contributed by atoms with Crippen LogP contribution in [-0.2, 0) is 16.1 Å². The van der Waals surface area contributed by atoms with E-state index in [9.17, 15) is 14.4 Å². The van der Waals surface area contributed by atoms with E-state index in [1.165, 1.54) is 12.1 Å². The molecule has 0 atom stereocenters. The predicted molar refractivity (Wildman–Crippen MR) is 126 cm³/mol. The maximum absolute atomic E-state index is 12.1. The van der Waals surface area contributed by atoms with Crippen molar-refractivity contribution in [3.8, 4) is 23.0 Å². The fraction of sp³-hybridized carbons (Fsp3) is 0.148. The first-order valence-electron chi connectivity index (χ1n) is 10.7. The molecule has 0 radical (unpaired) electrons. The number of carboxylic acid groups (broad SMARTS) is 1. The molecule has 1 aliphatic rings. The van der Waals surface area contributed by atoms with E-state index in [0.717, 1.165) is 27.8 Å². The Labute approximate surface area is 196 Å². The summed E-state index contributed by atoms with van der Waals surface area (Å²) in [5.41, 5.74) is 5.49. The summed E-state index contributed by atoms with van der Waals surface area (Å²) in [5, 5.41) is 14.0. The van der Waals surface area contributed by atoms with Gasteiger partial charge in [0, 0.05) is 12.5 Å². The summed E-state index contributed by atoms with van der Waals surface area (Å²) in [6.07, 6.45) is -0.602. The molecule has 0 unspecified atom stereocenters. The molecule has 7 heteroatoms. The zero-order valence-corrected chi connectivity index (χ0v) is 18.2. The molecule has 170 valence electrons. The van der Waals surface area contributed by atoms with Gasteiger partial charge in [0.2, 0.25) is 0 Å². The Morgan fingerprint density at radius 2 is 1.47 bits per heavy atom. The molecule has 1 aliphatic carbocycles. The molecule has 3 aromatic carbocycles. The second-order valence-electron chi connectivity index (χ2n) is 7.67. The standard InChI is InChI=1S/C27H22N2O5/c30-25(29-16-18-11-13-19(14-12-18)26(31)32)10-5-15-28-27(33)34-17-24-22-8-3-1-6-20(22)21-7-2-4-9-23(21)24/h1-4,6-9,11-14,24H,15-17H2,(H,28,33)(H,29,30)(H,31,32). The van der Waals surface area contributed by atoms with Gasteiger partial charge in [0.15, 0.2) is 0 Å². The summed E-state index contributed by atoms with van der Waals surface area (Å²) >= 11 is 0. The van der Waals surface area contributed by atoms with Gasteiger partial charge in [0.05, 0.1) is 12.1 Å². The van der Waals surface area contributed by atoms with Crippen LogP contribution in [0.25, 0.3) is 11.1 Å². The molecule has 3 aromatic rings. The average molecular weight is 454 g/mol. The van der Waals surface area contributed by atoms with Gasteiger partial charge in [-0.05, 0) is 45.9 Å². The van der Waals surface area contributed by atoms with Crippen LogP contribution >= 0.6 is 0 Å². The van der Waals surface area contributed by atoms with Crippen LogP contribution in [0.2, 0.25) is 0 Å². The van der Waals surface area contributed by atoms with Crippen molar-refractivity contribution in [2.24, 2.45) is 0 Å². The number of alkyl carbamates (subject to hydrolysis) is 1. The Kier molecular flexibility index (Phi) is 6.89. The molecule has 7 nitrogen and oxygen atoms in total. The molecule has 3 N–H and O–H groups in total. The largest absolute Gasteiger partial charge is 0.478 e. The third kappa shape index (κ3) is 5.25. The van der Waals surface area contributed by atoms with E-state index in [1.807, 2.05) is 36.4 Å². The Morgan fingerprint density at radius 3 is 2.09 bits per heavy atom. The molecule has 4 rings (SSSR count). The van der Waals surface area contributed by atoms with Crippen LogP contribution in [0.1, 0.15) is 33.0 Å². The fourth-order valence-corrected chi connectivity index (χ4v) is 3.88. The van der Waals surface area contributed by atoms with Gasteiger partial charge in [0.25, 0.3) is 5.91 Å². The van der Waals surface area contributed by atoms with Gasteiger partial charge in [-0.2, -0.15) is 0 Å². The lowest BCUT2D eigenvalue weighted by Gasteiger charge is -2.14. The number of benzene rings is 3. The van der Waals surface area contributed by atoms with Gasteiger partial charge in [-0.3, -0.25) is 4.79 Å². The minimum atomic E-state index is -1.01. The number of nitrogens with one attached hydrogen (secondary N) is 2. The molecule has 0 heterocycles. The van der Waals surface area contributed by atoms with Gasteiger partial charge in [-0.15, -0.1) is 0 Å². The lowest BCUT2D eigenvalue weighted by atomic mass is 9.98. The van der Waals surface area contributed by atoms with Crippen LogP contribution in [0.5, 0.6) is 0 Å². The molecular formula is C27H22N2O5. The number of carbonyl (C=O) groups is 3. The Hall–Kier alpha value is -4.57. The van der Waals surface area contributed by atoms with Crippen molar-refractivity contribution < 1.29 is 24.2 Å². The third-order valence-corrected chi connectivity index (χ3v) is 5.52. The zero-order chi connectivity index (χ0) is 23.9. The van der Waals surface area contributed by atoms with E-state index in [-0.39, 0.29) is 31.2 Å². The van der Waals surface area contributed by atoms with Gasteiger partial charge in [-0.25, -0.2) is 9.59 Å². The SMILES string of the molecule is O=C(C#CCNC(=O)OCC1c2ccccc2-c2ccccc21)NCc1ccc(C(=O)O)cc1. The normalized spacial score (nSPS) is 11.4.